The van der Waals surface area contributed by atoms with E-state index in [9.17, 15) is 19.5 Å². The first-order valence-electron chi connectivity index (χ1n) is 14.4. The molecular formula is C32H45LiN2O4S. The van der Waals surface area contributed by atoms with Crippen LogP contribution in [0.3, 0.4) is 0 Å². The zero-order valence-corrected chi connectivity index (χ0v) is 25.5. The van der Waals surface area contributed by atoms with Crippen LogP contribution in [-0.4, -0.2) is 58.9 Å². The van der Waals surface area contributed by atoms with Gasteiger partial charge in [-0.05, 0) is 79.4 Å². The summed E-state index contributed by atoms with van der Waals surface area (Å²) in [5.41, 5.74) is 4.29. The number of hydrogen-bond acceptors (Lipinski definition) is 4. The van der Waals surface area contributed by atoms with Crippen molar-refractivity contribution < 1.29 is 39.8 Å². The summed E-state index contributed by atoms with van der Waals surface area (Å²) in [7, 11) is 0. The Morgan fingerprint density at radius 2 is 1.80 bits per heavy atom. The number of hydrogen-bond donors (Lipinski definition) is 2. The molecule has 1 saturated carbocycles. The van der Waals surface area contributed by atoms with E-state index in [1.54, 1.807) is 17.8 Å². The number of amides is 2. The maximum absolute atomic E-state index is 13.4. The van der Waals surface area contributed by atoms with Crippen LogP contribution in [0.15, 0.2) is 42.5 Å². The minimum absolute atomic E-state index is 0. The third-order valence-electron chi connectivity index (χ3n) is 7.70. The number of rotatable bonds is 14. The minimum atomic E-state index is -1.03. The monoisotopic (exact) mass is 560 g/mol. The SMILES string of the molecule is CCCCN(CCc1ccc(C(=O)N[C@@H](CCSC)C(=O)O)c(-c2ccccc2C)c1)C(=O)C1CCCCC1.[H-].[Li+]. The zero-order chi connectivity index (χ0) is 28.2. The number of carbonyl (C=O) groups excluding carboxylic acids is 2. The number of unbranched alkanes of at least 4 members (excludes halogenated alkanes) is 1. The fourth-order valence-corrected chi connectivity index (χ4v) is 5.80. The van der Waals surface area contributed by atoms with Gasteiger partial charge in [0.15, 0.2) is 0 Å². The number of nitrogens with zero attached hydrogens (tertiary/aromatic N) is 1. The predicted molar refractivity (Wildman–Crippen MR) is 161 cm³/mol. The smallest absolute Gasteiger partial charge is 1.00 e. The standard InChI is InChI=1S/C32H44N2O4S.Li.H/c1-4-5-19-34(31(36)25-12-7-6-8-13-25)20-17-24-15-16-27(28(22-24)26-14-10-9-11-23(26)2)30(35)33-29(32(37)38)18-21-39-3;;/h9-11,14-16,22,25,29H,4-8,12-13,17-21H2,1-3H3,(H,33,35)(H,37,38);;/q;+1;-1/t29-;;/m0../s1. The van der Waals surface area contributed by atoms with E-state index in [-0.39, 0.29) is 32.1 Å². The van der Waals surface area contributed by atoms with E-state index in [4.69, 9.17) is 0 Å². The van der Waals surface area contributed by atoms with Crippen molar-refractivity contribution in [1.29, 1.82) is 0 Å². The number of aliphatic carboxylic acids is 1. The first-order chi connectivity index (χ1) is 18.8. The van der Waals surface area contributed by atoms with Crippen LogP contribution in [0, 0.1) is 12.8 Å². The molecule has 0 saturated heterocycles. The Bertz CT molecular complexity index is 1130. The summed E-state index contributed by atoms with van der Waals surface area (Å²) in [6.45, 7) is 5.60. The van der Waals surface area contributed by atoms with Gasteiger partial charge in [0.1, 0.15) is 6.04 Å². The Morgan fingerprint density at radius 1 is 1.07 bits per heavy atom. The second-order valence-corrected chi connectivity index (χ2v) is 11.6. The van der Waals surface area contributed by atoms with Crippen LogP contribution < -0.4 is 24.2 Å². The van der Waals surface area contributed by atoms with Gasteiger partial charge in [-0.2, -0.15) is 11.8 Å². The molecule has 0 aliphatic heterocycles. The van der Waals surface area contributed by atoms with Crippen molar-refractivity contribution in [2.24, 2.45) is 5.92 Å². The van der Waals surface area contributed by atoms with Gasteiger partial charge in [0.2, 0.25) is 5.91 Å². The first-order valence-corrected chi connectivity index (χ1v) is 15.7. The minimum Gasteiger partial charge on any atom is -1.00 e. The molecule has 2 aromatic rings. The van der Waals surface area contributed by atoms with E-state index in [0.29, 0.717) is 36.6 Å². The second-order valence-electron chi connectivity index (χ2n) is 10.6. The molecule has 8 heteroatoms. The van der Waals surface area contributed by atoms with Crippen molar-refractivity contribution >= 4 is 29.5 Å². The molecule has 0 aromatic heterocycles. The van der Waals surface area contributed by atoms with E-state index in [1.807, 2.05) is 49.6 Å². The fourth-order valence-electron chi connectivity index (χ4n) is 5.32. The van der Waals surface area contributed by atoms with Gasteiger partial charge in [0, 0.05) is 24.6 Å². The molecule has 0 bridgehead atoms. The van der Waals surface area contributed by atoms with Crippen molar-refractivity contribution in [2.75, 3.05) is 25.1 Å². The van der Waals surface area contributed by atoms with Crippen LogP contribution >= 0.6 is 11.8 Å². The van der Waals surface area contributed by atoms with E-state index in [2.05, 4.69) is 17.1 Å². The van der Waals surface area contributed by atoms with Gasteiger partial charge in [-0.25, -0.2) is 4.79 Å². The summed E-state index contributed by atoms with van der Waals surface area (Å²) in [5.74, 6) is -0.318. The van der Waals surface area contributed by atoms with Gasteiger partial charge in [0.05, 0.1) is 0 Å². The number of nitrogens with one attached hydrogen (secondary N) is 1. The number of thioether (sulfide) groups is 1. The van der Waals surface area contributed by atoms with Crippen molar-refractivity contribution in [3.05, 3.63) is 59.2 Å². The maximum Gasteiger partial charge on any atom is 1.00 e. The fraction of sp³-hybridized carbons (Fsp3) is 0.531. The molecule has 214 valence electrons. The Hall–Kier alpha value is -2.20. The molecule has 0 heterocycles. The van der Waals surface area contributed by atoms with Gasteiger partial charge in [0.25, 0.3) is 5.91 Å². The molecule has 0 unspecified atom stereocenters. The molecule has 6 nitrogen and oxygen atoms in total. The van der Waals surface area contributed by atoms with Crippen LogP contribution in [0.25, 0.3) is 11.1 Å². The number of carbonyl (C=O) groups is 3. The van der Waals surface area contributed by atoms with Gasteiger partial charge >= 0.3 is 24.8 Å². The number of carboxylic acid groups (broad SMARTS) is 1. The summed E-state index contributed by atoms with van der Waals surface area (Å²) >= 11 is 1.55. The number of benzene rings is 2. The largest absolute Gasteiger partial charge is 1.00 e. The molecular weight excluding hydrogens is 515 g/mol. The average Bonchev–Trinajstić information content (AvgIpc) is 2.95. The molecule has 1 fully saturated rings. The van der Waals surface area contributed by atoms with Crippen molar-refractivity contribution in [3.63, 3.8) is 0 Å². The summed E-state index contributed by atoms with van der Waals surface area (Å²) in [6.07, 6.45) is 10.5. The maximum atomic E-state index is 13.4. The Morgan fingerprint density at radius 3 is 2.45 bits per heavy atom. The van der Waals surface area contributed by atoms with Crippen LogP contribution in [0.5, 0.6) is 0 Å². The number of carboxylic acids is 1. The Kier molecular flexibility index (Phi) is 14.9. The van der Waals surface area contributed by atoms with Crippen LogP contribution in [-0.2, 0) is 16.0 Å². The van der Waals surface area contributed by atoms with Gasteiger partial charge in [-0.15, -0.1) is 0 Å². The molecule has 2 amide bonds. The van der Waals surface area contributed by atoms with E-state index in [0.717, 1.165) is 67.3 Å². The van der Waals surface area contributed by atoms with E-state index in [1.165, 1.54) is 6.42 Å². The zero-order valence-electron chi connectivity index (χ0n) is 25.7. The summed E-state index contributed by atoms with van der Waals surface area (Å²) < 4.78 is 0. The normalized spacial score (nSPS) is 14.2. The molecule has 2 aromatic carbocycles. The molecule has 1 aliphatic carbocycles. The van der Waals surface area contributed by atoms with Crippen molar-refractivity contribution in [1.82, 2.24) is 10.2 Å². The molecule has 0 spiro atoms. The first kappa shape index (κ1) is 34.0. The molecule has 3 rings (SSSR count). The topological polar surface area (TPSA) is 86.7 Å². The van der Waals surface area contributed by atoms with Crippen LogP contribution in [0.1, 0.15) is 81.2 Å². The summed E-state index contributed by atoms with van der Waals surface area (Å²) in [4.78, 5) is 40.5. The summed E-state index contributed by atoms with van der Waals surface area (Å²) in [6, 6.07) is 12.8. The van der Waals surface area contributed by atoms with Gasteiger partial charge in [-0.3, -0.25) is 9.59 Å². The Balaban J connectivity index is 0.00000420. The van der Waals surface area contributed by atoms with Crippen molar-refractivity contribution in [2.45, 2.75) is 77.7 Å². The van der Waals surface area contributed by atoms with Crippen LogP contribution in [0.4, 0.5) is 0 Å². The van der Waals surface area contributed by atoms with E-state index >= 15 is 0 Å². The molecule has 1 atom stereocenters. The van der Waals surface area contributed by atoms with Gasteiger partial charge in [-0.1, -0.05) is 69.0 Å². The van der Waals surface area contributed by atoms with E-state index < -0.39 is 12.0 Å². The average molecular weight is 561 g/mol. The van der Waals surface area contributed by atoms with Gasteiger partial charge < -0.3 is 16.7 Å². The van der Waals surface area contributed by atoms with Crippen molar-refractivity contribution in [3.8, 4) is 11.1 Å². The third kappa shape index (κ3) is 9.71. The Labute approximate surface area is 257 Å². The molecule has 0 radical (unpaired) electrons. The third-order valence-corrected chi connectivity index (χ3v) is 8.34. The second kappa shape index (κ2) is 17.6. The molecule has 40 heavy (non-hydrogen) atoms. The molecule has 2 N–H and O–H groups in total. The summed E-state index contributed by atoms with van der Waals surface area (Å²) in [5, 5.41) is 12.4. The van der Waals surface area contributed by atoms with Crippen LogP contribution in [0.2, 0.25) is 0 Å². The molecule has 1 aliphatic rings. The predicted octanol–water partition coefficient (Wildman–Crippen LogP) is 3.47. The number of aryl methyl sites for hydroxylation is 1. The quantitative estimate of drug-likeness (QED) is 0.346.